The molecule has 19 heavy (non-hydrogen) atoms. The van der Waals surface area contributed by atoms with Crippen LogP contribution in [0.4, 0.5) is 0 Å². The van der Waals surface area contributed by atoms with Gasteiger partial charge < -0.3 is 15.2 Å². The zero-order valence-corrected chi connectivity index (χ0v) is 10.9. The molecule has 0 saturated carbocycles. The number of aliphatic hydroxyl groups excluding tert-OH is 1. The highest BCUT2D eigenvalue weighted by atomic mass is 16.5. The maximum absolute atomic E-state index is 12.1. The third-order valence-electron chi connectivity index (χ3n) is 2.92. The van der Waals surface area contributed by atoms with Gasteiger partial charge in [0.25, 0.3) is 5.91 Å². The highest BCUT2D eigenvalue weighted by molar-refractivity contribution is 5.95. The minimum Gasteiger partial charge on any atom is -0.384 e. The number of aryl methyl sites for hydroxylation is 1. The van der Waals surface area contributed by atoms with Crippen LogP contribution in [0.1, 0.15) is 27.9 Å². The lowest BCUT2D eigenvalue weighted by Crippen LogP contribution is -2.35. The first-order valence-electron chi connectivity index (χ1n) is 6.29. The molecule has 2 N–H and O–H groups in total. The van der Waals surface area contributed by atoms with Gasteiger partial charge in [0, 0.05) is 17.7 Å². The van der Waals surface area contributed by atoms with Crippen LogP contribution >= 0.6 is 0 Å². The number of hydrogen-bond acceptors (Lipinski definition) is 3. The predicted octanol–water partition coefficient (Wildman–Crippen LogP) is 0.858. The van der Waals surface area contributed by atoms with E-state index in [4.69, 9.17) is 9.84 Å². The first kappa shape index (κ1) is 13.6. The van der Waals surface area contributed by atoms with Crippen molar-refractivity contribution in [3.63, 3.8) is 0 Å². The van der Waals surface area contributed by atoms with E-state index in [0.29, 0.717) is 18.8 Å². The smallest absolute Gasteiger partial charge is 0.251 e. The molecule has 1 aromatic rings. The van der Waals surface area contributed by atoms with Gasteiger partial charge in [-0.15, -0.1) is 0 Å². The molecule has 0 aliphatic carbocycles. The molecule has 4 heteroatoms. The number of carbonyl (C=O) groups is 1. The summed E-state index contributed by atoms with van der Waals surface area (Å²) in [7, 11) is 0. The molecule has 100 valence electrons. The second kappa shape index (κ2) is 6.37. The molecule has 1 aliphatic rings. The molecule has 1 atom stereocenters. The average molecular weight is 259 g/mol. The van der Waals surface area contributed by atoms with Crippen LogP contribution in [-0.4, -0.2) is 36.9 Å². The largest absolute Gasteiger partial charge is 0.384 e. The van der Waals surface area contributed by atoms with Gasteiger partial charge in [-0.1, -0.05) is 11.8 Å². The highest BCUT2D eigenvalue weighted by Crippen LogP contribution is 2.11. The first-order valence-corrected chi connectivity index (χ1v) is 6.29. The van der Waals surface area contributed by atoms with Crippen LogP contribution in [0.5, 0.6) is 0 Å². The van der Waals surface area contributed by atoms with Gasteiger partial charge in [0.1, 0.15) is 6.61 Å². The van der Waals surface area contributed by atoms with Crippen molar-refractivity contribution in [3.8, 4) is 11.8 Å². The normalized spacial score (nSPS) is 17.7. The number of nitrogens with one attached hydrogen (secondary N) is 1. The lowest BCUT2D eigenvalue weighted by atomic mass is 10.1. The minimum atomic E-state index is -0.186. The summed E-state index contributed by atoms with van der Waals surface area (Å²) < 4.78 is 5.23. The van der Waals surface area contributed by atoms with Crippen LogP contribution in [0.15, 0.2) is 18.2 Å². The predicted molar refractivity (Wildman–Crippen MR) is 71.8 cm³/mol. The van der Waals surface area contributed by atoms with Gasteiger partial charge in [-0.05, 0) is 37.1 Å². The fourth-order valence-corrected chi connectivity index (χ4v) is 2.05. The number of rotatable bonds is 2. The van der Waals surface area contributed by atoms with Crippen molar-refractivity contribution in [2.75, 3.05) is 19.8 Å². The molecule has 1 saturated heterocycles. The minimum absolute atomic E-state index is 0.0972. The van der Waals surface area contributed by atoms with Gasteiger partial charge in [0.05, 0.1) is 12.6 Å². The Morgan fingerprint density at radius 1 is 1.53 bits per heavy atom. The van der Waals surface area contributed by atoms with Gasteiger partial charge in [0.15, 0.2) is 0 Å². The highest BCUT2D eigenvalue weighted by Gasteiger charge is 2.18. The number of hydrogen-bond donors (Lipinski definition) is 2. The van der Waals surface area contributed by atoms with Gasteiger partial charge in [0.2, 0.25) is 0 Å². The Morgan fingerprint density at radius 3 is 3.05 bits per heavy atom. The lowest BCUT2D eigenvalue weighted by molar-refractivity contribution is 0.0930. The monoisotopic (exact) mass is 259 g/mol. The summed E-state index contributed by atoms with van der Waals surface area (Å²) in [5.41, 5.74) is 2.30. The van der Waals surface area contributed by atoms with Gasteiger partial charge in [-0.3, -0.25) is 4.79 Å². The molecule has 0 aromatic heterocycles. The van der Waals surface area contributed by atoms with Crippen LogP contribution in [-0.2, 0) is 4.74 Å². The maximum atomic E-state index is 12.1. The molecule has 0 spiro atoms. The van der Waals surface area contributed by atoms with Crippen LogP contribution in [0.2, 0.25) is 0 Å². The van der Waals surface area contributed by atoms with E-state index in [9.17, 15) is 4.79 Å². The molecule has 1 heterocycles. The van der Waals surface area contributed by atoms with Gasteiger partial charge in [-0.2, -0.15) is 0 Å². The number of carbonyl (C=O) groups excluding carboxylic acids is 1. The van der Waals surface area contributed by atoms with Crippen molar-refractivity contribution in [2.45, 2.75) is 19.4 Å². The fraction of sp³-hybridized carbons (Fsp3) is 0.400. The maximum Gasteiger partial charge on any atom is 0.251 e. The number of benzene rings is 1. The van der Waals surface area contributed by atoms with E-state index < -0.39 is 0 Å². The standard InChI is InChI=1S/C15H17NO3/c1-11-7-12(3-2-5-17)9-13(8-11)15(18)16-14-4-6-19-10-14/h7-9,14,17H,4-6,10H2,1H3,(H,16,18). The molecule has 0 radical (unpaired) electrons. The first-order chi connectivity index (χ1) is 9.19. The van der Waals surface area contributed by atoms with E-state index in [1.54, 1.807) is 6.07 Å². The topological polar surface area (TPSA) is 58.6 Å². The zero-order valence-electron chi connectivity index (χ0n) is 10.9. The molecule has 2 rings (SSSR count). The van der Waals surface area contributed by atoms with Crippen LogP contribution < -0.4 is 5.32 Å². The molecular weight excluding hydrogens is 242 g/mol. The van der Waals surface area contributed by atoms with Crippen molar-refractivity contribution in [2.24, 2.45) is 0 Å². The molecule has 1 aromatic carbocycles. The van der Waals surface area contributed by atoms with E-state index in [2.05, 4.69) is 17.2 Å². The van der Waals surface area contributed by atoms with Gasteiger partial charge in [-0.25, -0.2) is 0 Å². The number of ether oxygens (including phenoxy) is 1. The molecule has 0 bridgehead atoms. The average Bonchev–Trinajstić information content (AvgIpc) is 2.88. The quantitative estimate of drug-likeness (QED) is 0.774. The lowest BCUT2D eigenvalue weighted by Gasteiger charge is -2.11. The van der Waals surface area contributed by atoms with Crippen LogP contribution in [0.25, 0.3) is 0 Å². The Hall–Kier alpha value is -1.83. The Morgan fingerprint density at radius 2 is 2.37 bits per heavy atom. The SMILES string of the molecule is Cc1cc(C#CCO)cc(C(=O)NC2CCOC2)c1. The van der Waals surface area contributed by atoms with E-state index in [1.165, 1.54) is 0 Å². The van der Waals surface area contributed by atoms with Crippen molar-refractivity contribution >= 4 is 5.91 Å². The van der Waals surface area contributed by atoms with E-state index in [1.807, 2.05) is 19.1 Å². The Kier molecular flexibility index (Phi) is 4.56. The third-order valence-corrected chi connectivity index (χ3v) is 2.92. The van der Waals surface area contributed by atoms with Crippen molar-refractivity contribution in [1.82, 2.24) is 5.32 Å². The summed E-state index contributed by atoms with van der Waals surface area (Å²) in [6, 6.07) is 5.55. The van der Waals surface area contributed by atoms with Crippen molar-refractivity contribution in [3.05, 3.63) is 34.9 Å². The van der Waals surface area contributed by atoms with E-state index in [-0.39, 0.29) is 18.6 Å². The summed E-state index contributed by atoms with van der Waals surface area (Å²) in [4.78, 5) is 12.1. The second-order valence-electron chi connectivity index (χ2n) is 4.58. The third kappa shape index (κ3) is 3.82. The summed E-state index contributed by atoms with van der Waals surface area (Å²) in [6.07, 6.45) is 0.856. The molecule has 1 amide bonds. The van der Waals surface area contributed by atoms with Gasteiger partial charge >= 0.3 is 0 Å². The number of aliphatic hydroxyl groups is 1. The molecule has 1 aliphatic heterocycles. The van der Waals surface area contributed by atoms with Crippen LogP contribution in [0.3, 0.4) is 0 Å². The van der Waals surface area contributed by atoms with Crippen molar-refractivity contribution in [1.29, 1.82) is 0 Å². The Bertz CT molecular complexity index is 522. The molecule has 4 nitrogen and oxygen atoms in total. The summed E-state index contributed by atoms with van der Waals surface area (Å²) in [6.45, 7) is 3.01. The summed E-state index contributed by atoms with van der Waals surface area (Å²) in [5, 5.41) is 11.6. The zero-order chi connectivity index (χ0) is 13.7. The Labute approximate surface area is 112 Å². The number of amides is 1. The second-order valence-corrected chi connectivity index (χ2v) is 4.58. The van der Waals surface area contributed by atoms with Crippen LogP contribution in [0, 0.1) is 18.8 Å². The summed E-state index contributed by atoms with van der Waals surface area (Å²) in [5.74, 6) is 5.30. The fourth-order valence-electron chi connectivity index (χ4n) is 2.05. The summed E-state index contributed by atoms with van der Waals surface area (Å²) >= 11 is 0. The molecule has 1 fully saturated rings. The molecular formula is C15H17NO3. The van der Waals surface area contributed by atoms with Crippen molar-refractivity contribution < 1.29 is 14.6 Å². The Balaban J connectivity index is 2.13. The van der Waals surface area contributed by atoms with E-state index >= 15 is 0 Å². The molecule has 1 unspecified atom stereocenters. The van der Waals surface area contributed by atoms with E-state index in [0.717, 1.165) is 17.5 Å².